The average Bonchev–Trinajstić information content (AvgIpc) is 2.66. The number of ketones is 1. The van der Waals surface area contributed by atoms with Gasteiger partial charge >= 0.3 is 5.97 Å². The van der Waals surface area contributed by atoms with Crippen molar-refractivity contribution in [1.82, 2.24) is 0 Å². The number of Topliss-reactive ketones (excluding diaryl/α,β-unsaturated/α-hetero) is 1. The van der Waals surface area contributed by atoms with Crippen LogP contribution in [0.15, 0.2) is 48.5 Å². The normalized spacial score (nSPS) is 10.4. The zero-order valence-electron chi connectivity index (χ0n) is 15.0. The van der Waals surface area contributed by atoms with E-state index in [-0.39, 0.29) is 24.2 Å². The average molecular weight is 373 g/mol. The number of hydrogen-bond donors (Lipinski definition) is 1. The number of carbonyl (C=O) groups excluding carboxylic acids is 3. The van der Waals surface area contributed by atoms with E-state index in [2.05, 4.69) is 5.32 Å². The number of carbonyl (C=O) groups is 3. The van der Waals surface area contributed by atoms with Gasteiger partial charge in [-0.3, -0.25) is 9.59 Å². The highest BCUT2D eigenvalue weighted by Crippen LogP contribution is 2.12. The van der Waals surface area contributed by atoms with Gasteiger partial charge in [0.2, 0.25) is 5.91 Å². The zero-order valence-corrected chi connectivity index (χ0v) is 15.0. The van der Waals surface area contributed by atoms with Crippen molar-refractivity contribution >= 4 is 23.3 Å². The highest BCUT2D eigenvalue weighted by Gasteiger charge is 2.12. The summed E-state index contributed by atoms with van der Waals surface area (Å²) in [6.07, 6.45) is 0. The van der Waals surface area contributed by atoms with Gasteiger partial charge in [0, 0.05) is 17.2 Å². The van der Waals surface area contributed by atoms with Crippen LogP contribution in [0.1, 0.15) is 24.2 Å². The number of benzene rings is 2. The van der Waals surface area contributed by atoms with Gasteiger partial charge in [0.1, 0.15) is 11.6 Å². The Kier molecular flexibility index (Phi) is 7.05. The number of ether oxygens (including phenoxy) is 2. The third-order valence-corrected chi connectivity index (χ3v) is 3.53. The van der Waals surface area contributed by atoms with E-state index in [4.69, 9.17) is 9.47 Å². The molecule has 0 saturated heterocycles. The lowest BCUT2D eigenvalue weighted by molar-refractivity contribution is -0.144. The van der Waals surface area contributed by atoms with Gasteiger partial charge in [0.05, 0.1) is 0 Å². The summed E-state index contributed by atoms with van der Waals surface area (Å²) in [5.41, 5.74) is 0.930. The third-order valence-electron chi connectivity index (χ3n) is 3.53. The quantitative estimate of drug-likeness (QED) is 0.568. The summed E-state index contributed by atoms with van der Waals surface area (Å²) < 4.78 is 22.8. The van der Waals surface area contributed by atoms with Gasteiger partial charge in [-0.05, 0) is 48.5 Å². The molecule has 0 spiro atoms. The molecular weight excluding hydrogens is 353 g/mol. The Labute approximate surface area is 156 Å². The fraction of sp³-hybridized carbons (Fsp3) is 0.250. The smallest absolute Gasteiger partial charge is 0.344 e. The Morgan fingerprint density at radius 3 is 2.19 bits per heavy atom. The molecule has 0 fully saturated rings. The maximum atomic E-state index is 12.8. The van der Waals surface area contributed by atoms with E-state index in [0.29, 0.717) is 17.0 Å². The zero-order chi connectivity index (χ0) is 19.8. The molecule has 1 N–H and O–H groups in total. The maximum absolute atomic E-state index is 12.8. The number of amides is 1. The summed E-state index contributed by atoms with van der Waals surface area (Å²) in [4.78, 5) is 35.3. The first-order valence-electron chi connectivity index (χ1n) is 8.33. The first kappa shape index (κ1) is 20.1. The van der Waals surface area contributed by atoms with Crippen LogP contribution in [0.5, 0.6) is 5.75 Å². The van der Waals surface area contributed by atoms with Crippen molar-refractivity contribution in [2.45, 2.75) is 13.8 Å². The molecule has 2 rings (SSSR count). The molecule has 0 aliphatic heterocycles. The molecule has 2 aromatic carbocycles. The number of hydrogen-bond acceptors (Lipinski definition) is 5. The van der Waals surface area contributed by atoms with Gasteiger partial charge < -0.3 is 14.8 Å². The lowest BCUT2D eigenvalue weighted by atomic mass is 10.1. The molecule has 142 valence electrons. The lowest BCUT2D eigenvalue weighted by Gasteiger charge is -2.09. The van der Waals surface area contributed by atoms with Gasteiger partial charge in [-0.1, -0.05) is 13.8 Å². The van der Waals surface area contributed by atoms with Crippen molar-refractivity contribution in [3.63, 3.8) is 0 Å². The largest absolute Gasteiger partial charge is 0.482 e. The number of esters is 1. The number of halogens is 1. The Balaban J connectivity index is 1.78. The van der Waals surface area contributed by atoms with Crippen LogP contribution >= 0.6 is 0 Å². The molecule has 1 amide bonds. The van der Waals surface area contributed by atoms with E-state index in [9.17, 15) is 18.8 Å². The van der Waals surface area contributed by atoms with Crippen LogP contribution in [0.4, 0.5) is 10.1 Å². The van der Waals surface area contributed by atoms with Crippen molar-refractivity contribution in [1.29, 1.82) is 0 Å². The van der Waals surface area contributed by atoms with E-state index >= 15 is 0 Å². The molecule has 0 heterocycles. The van der Waals surface area contributed by atoms with Crippen LogP contribution in [0.2, 0.25) is 0 Å². The summed E-state index contributed by atoms with van der Waals surface area (Å²) in [7, 11) is 0. The molecule has 0 aromatic heterocycles. The van der Waals surface area contributed by atoms with Crippen molar-refractivity contribution in [2.24, 2.45) is 5.92 Å². The molecule has 0 radical (unpaired) electrons. The second-order valence-electron chi connectivity index (χ2n) is 6.05. The molecule has 0 unspecified atom stereocenters. The Morgan fingerprint density at radius 2 is 1.59 bits per heavy atom. The first-order valence-corrected chi connectivity index (χ1v) is 8.33. The molecule has 6 nitrogen and oxygen atoms in total. The van der Waals surface area contributed by atoms with E-state index < -0.39 is 18.4 Å². The number of rotatable bonds is 8. The summed E-state index contributed by atoms with van der Waals surface area (Å²) in [5.74, 6) is -1.46. The molecule has 0 saturated carbocycles. The van der Waals surface area contributed by atoms with Crippen LogP contribution < -0.4 is 10.1 Å². The summed E-state index contributed by atoms with van der Waals surface area (Å²) in [5, 5.41) is 2.72. The summed E-state index contributed by atoms with van der Waals surface area (Å²) in [6.45, 7) is 2.74. The van der Waals surface area contributed by atoms with Crippen LogP contribution in [-0.2, 0) is 14.3 Å². The second-order valence-corrected chi connectivity index (χ2v) is 6.05. The van der Waals surface area contributed by atoms with Gasteiger partial charge in [-0.15, -0.1) is 0 Å². The number of nitrogens with one attached hydrogen (secondary N) is 1. The van der Waals surface area contributed by atoms with Crippen molar-refractivity contribution in [2.75, 3.05) is 18.5 Å². The summed E-state index contributed by atoms with van der Waals surface area (Å²) in [6, 6.07) is 11.5. The minimum absolute atomic E-state index is 0.121. The van der Waals surface area contributed by atoms with Crippen molar-refractivity contribution < 1.29 is 28.2 Å². The highest BCUT2D eigenvalue weighted by atomic mass is 19.1. The van der Waals surface area contributed by atoms with Crippen molar-refractivity contribution in [3.8, 4) is 5.75 Å². The second kappa shape index (κ2) is 9.47. The Morgan fingerprint density at radius 1 is 0.963 bits per heavy atom. The highest BCUT2D eigenvalue weighted by molar-refractivity contribution is 5.99. The SMILES string of the molecule is CC(C)C(=O)Nc1ccc(C(=O)COC(=O)COc2ccc(F)cc2)cc1. The van der Waals surface area contributed by atoms with Gasteiger partial charge in [-0.2, -0.15) is 0 Å². The monoisotopic (exact) mass is 373 g/mol. The number of anilines is 1. The molecule has 0 atom stereocenters. The van der Waals surface area contributed by atoms with Crippen LogP contribution in [-0.4, -0.2) is 30.9 Å². The van der Waals surface area contributed by atoms with Gasteiger partial charge in [-0.25, -0.2) is 9.18 Å². The predicted octanol–water partition coefficient (Wildman–Crippen LogP) is 3.23. The van der Waals surface area contributed by atoms with E-state index in [1.807, 2.05) is 0 Å². The third kappa shape index (κ3) is 6.54. The van der Waals surface area contributed by atoms with Gasteiger partial charge in [0.25, 0.3) is 0 Å². The molecule has 7 heteroatoms. The Hall–Kier alpha value is -3.22. The molecule has 2 aromatic rings. The van der Waals surface area contributed by atoms with E-state index in [1.165, 1.54) is 24.3 Å². The maximum Gasteiger partial charge on any atom is 0.344 e. The standard InChI is InChI=1S/C20H20FNO5/c1-13(2)20(25)22-16-7-3-14(4-8-16)18(23)11-27-19(24)12-26-17-9-5-15(21)6-10-17/h3-10,13H,11-12H2,1-2H3,(H,22,25). The van der Waals surface area contributed by atoms with Crippen LogP contribution in [0.3, 0.4) is 0 Å². The van der Waals surface area contributed by atoms with E-state index in [0.717, 1.165) is 0 Å². The fourth-order valence-corrected chi connectivity index (χ4v) is 1.97. The van der Waals surface area contributed by atoms with Crippen LogP contribution in [0, 0.1) is 11.7 Å². The lowest BCUT2D eigenvalue weighted by Crippen LogP contribution is -2.20. The minimum Gasteiger partial charge on any atom is -0.482 e. The first-order chi connectivity index (χ1) is 12.8. The topological polar surface area (TPSA) is 81.7 Å². The molecule has 0 aliphatic rings. The molecule has 0 aliphatic carbocycles. The predicted molar refractivity (Wildman–Crippen MR) is 97.1 cm³/mol. The van der Waals surface area contributed by atoms with Crippen molar-refractivity contribution in [3.05, 3.63) is 59.9 Å². The van der Waals surface area contributed by atoms with E-state index in [1.54, 1.807) is 38.1 Å². The molecule has 0 bridgehead atoms. The molecular formula is C20H20FNO5. The van der Waals surface area contributed by atoms with Crippen LogP contribution in [0.25, 0.3) is 0 Å². The molecule has 27 heavy (non-hydrogen) atoms. The fourth-order valence-electron chi connectivity index (χ4n) is 1.97. The summed E-state index contributed by atoms with van der Waals surface area (Å²) >= 11 is 0. The minimum atomic E-state index is -0.714. The van der Waals surface area contributed by atoms with Gasteiger partial charge in [0.15, 0.2) is 19.0 Å². The Bertz CT molecular complexity index is 800.